The van der Waals surface area contributed by atoms with Gasteiger partial charge in [-0.3, -0.25) is 9.36 Å². The van der Waals surface area contributed by atoms with Crippen LogP contribution < -0.4 is 10.7 Å². The minimum Gasteiger partial charge on any atom is -0.549 e. The van der Waals surface area contributed by atoms with Crippen molar-refractivity contribution in [3.8, 4) is 0 Å². The van der Waals surface area contributed by atoms with Crippen molar-refractivity contribution in [2.24, 2.45) is 0 Å². The molecule has 0 unspecified atom stereocenters. The monoisotopic (exact) mass is 297 g/mol. The van der Waals surface area contributed by atoms with Gasteiger partial charge in [0, 0.05) is 17.2 Å². The van der Waals surface area contributed by atoms with Crippen molar-refractivity contribution in [3.05, 3.63) is 20.8 Å². The zero-order chi connectivity index (χ0) is 14.2. The molecule has 0 saturated heterocycles. The molecule has 7 heteroatoms. The number of aromatic nitrogens is 2. The van der Waals surface area contributed by atoms with E-state index in [2.05, 4.69) is 4.98 Å². The van der Waals surface area contributed by atoms with Crippen LogP contribution in [-0.4, -0.2) is 21.3 Å². The Morgan fingerprint density at radius 1 is 1.47 bits per heavy atom. The molecule has 0 aliphatic heterocycles. The van der Waals surface area contributed by atoms with E-state index >= 15 is 0 Å². The molecule has 0 aromatic carbocycles. The van der Waals surface area contributed by atoms with Crippen molar-refractivity contribution in [1.29, 1.82) is 0 Å². The third kappa shape index (κ3) is 2.52. The molecule has 2 aromatic rings. The molecule has 0 aliphatic rings. The highest BCUT2D eigenvalue weighted by molar-refractivity contribution is 7.99. The highest BCUT2D eigenvalue weighted by Gasteiger charge is 2.15. The third-order valence-corrected chi connectivity index (χ3v) is 4.94. The van der Waals surface area contributed by atoms with Crippen LogP contribution in [0.4, 0.5) is 0 Å². The molecule has 0 bridgehead atoms. The molecule has 0 spiro atoms. The largest absolute Gasteiger partial charge is 0.549 e. The lowest BCUT2D eigenvalue weighted by atomic mass is 10.2. The van der Waals surface area contributed by atoms with E-state index in [0.717, 1.165) is 22.2 Å². The summed E-state index contributed by atoms with van der Waals surface area (Å²) in [7, 11) is 0. The average Bonchev–Trinajstić information content (AvgIpc) is 2.62. The van der Waals surface area contributed by atoms with E-state index in [1.54, 1.807) is 0 Å². The molecule has 0 amide bonds. The summed E-state index contributed by atoms with van der Waals surface area (Å²) in [5.41, 5.74) is 0.853. The number of nitrogens with zero attached hydrogens (tertiary/aromatic N) is 2. The Hall–Kier alpha value is -1.34. The fraction of sp³-hybridized carbons (Fsp3) is 0.417. The van der Waals surface area contributed by atoms with Gasteiger partial charge in [0.15, 0.2) is 5.16 Å². The molecule has 2 heterocycles. The molecule has 0 atom stereocenters. The zero-order valence-electron chi connectivity index (χ0n) is 10.8. The molecule has 2 aromatic heterocycles. The SMILES string of the molecule is CCn1c(SCC(=O)[O-])nc2sc(C)c(C)c2c1=O. The molecule has 0 aliphatic carbocycles. The third-order valence-electron chi connectivity index (χ3n) is 2.89. The molecule has 5 nitrogen and oxygen atoms in total. The van der Waals surface area contributed by atoms with Gasteiger partial charge in [-0.2, -0.15) is 0 Å². The second kappa shape index (κ2) is 5.34. The van der Waals surface area contributed by atoms with Crippen LogP contribution in [-0.2, 0) is 11.3 Å². The maximum absolute atomic E-state index is 12.4. The highest BCUT2D eigenvalue weighted by Crippen LogP contribution is 2.28. The second-order valence-corrected chi connectivity index (χ2v) is 6.21. The average molecular weight is 297 g/mol. The smallest absolute Gasteiger partial charge is 0.263 e. The predicted octanol–water partition coefficient (Wildman–Crippen LogP) is 0.937. The van der Waals surface area contributed by atoms with E-state index in [4.69, 9.17) is 0 Å². The number of hydrogen-bond donors (Lipinski definition) is 0. The summed E-state index contributed by atoms with van der Waals surface area (Å²) in [6.07, 6.45) is 0. The maximum Gasteiger partial charge on any atom is 0.263 e. The Morgan fingerprint density at radius 3 is 2.74 bits per heavy atom. The first-order chi connectivity index (χ1) is 8.95. The number of fused-ring (bicyclic) bond motifs is 1. The van der Waals surface area contributed by atoms with Gasteiger partial charge < -0.3 is 9.90 Å². The van der Waals surface area contributed by atoms with Gasteiger partial charge in [-0.05, 0) is 26.3 Å². The fourth-order valence-electron chi connectivity index (χ4n) is 1.82. The summed E-state index contributed by atoms with van der Waals surface area (Å²) < 4.78 is 1.51. The van der Waals surface area contributed by atoms with E-state index in [1.165, 1.54) is 15.9 Å². The van der Waals surface area contributed by atoms with Crippen molar-refractivity contribution in [2.75, 3.05) is 5.75 Å². The molecule has 0 saturated carbocycles. The van der Waals surface area contributed by atoms with Gasteiger partial charge in [-0.25, -0.2) is 4.98 Å². The molecular weight excluding hydrogens is 284 g/mol. The van der Waals surface area contributed by atoms with Crippen LogP contribution in [0.3, 0.4) is 0 Å². The van der Waals surface area contributed by atoms with Crippen LogP contribution in [0, 0.1) is 13.8 Å². The van der Waals surface area contributed by atoms with Gasteiger partial charge in [-0.15, -0.1) is 11.3 Å². The summed E-state index contributed by atoms with van der Waals surface area (Å²) in [6, 6.07) is 0. The Kier molecular flexibility index (Phi) is 3.96. The molecule has 0 fully saturated rings. The van der Waals surface area contributed by atoms with E-state index < -0.39 is 5.97 Å². The first-order valence-electron chi connectivity index (χ1n) is 5.78. The number of rotatable bonds is 4. The summed E-state index contributed by atoms with van der Waals surface area (Å²) in [6.45, 7) is 6.16. The number of aliphatic carboxylic acids is 1. The summed E-state index contributed by atoms with van der Waals surface area (Å²) >= 11 is 2.48. The normalized spacial score (nSPS) is 11.1. The van der Waals surface area contributed by atoms with Crippen LogP contribution in [0.2, 0.25) is 0 Å². The lowest BCUT2D eigenvalue weighted by Crippen LogP contribution is -2.26. The van der Waals surface area contributed by atoms with Crippen LogP contribution in [0.25, 0.3) is 10.2 Å². The number of aryl methyl sites for hydroxylation is 2. The van der Waals surface area contributed by atoms with Crippen molar-refractivity contribution >= 4 is 39.3 Å². The number of carbonyl (C=O) groups excluding carboxylic acids is 1. The molecular formula is C12H13N2O3S2-. The first-order valence-corrected chi connectivity index (χ1v) is 7.59. The Balaban J connectivity index is 2.65. The minimum absolute atomic E-state index is 0.102. The molecule has 0 radical (unpaired) electrons. The van der Waals surface area contributed by atoms with E-state index in [0.29, 0.717) is 21.9 Å². The lowest BCUT2D eigenvalue weighted by molar-refractivity contribution is -0.301. The van der Waals surface area contributed by atoms with Gasteiger partial charge in [0.05, 0.1) is 11.4 Å². The predicted molar refractivity (Wildman–Crippen MR) is 74.8 cm³/mol. The van der Waals surface area contributed by atoms with Crippen LogP contribution >= 0.6 is 23.1 Å². The standard InChI is InChI=1S/C12H14N2O3S2/c1-4-14-11(17)9-6(2)7(3)19-10(9)13-12(14)18-5-8(15)16/h4-5H2,1-3H3,(H,15,16)/p-1. The fourth-order valence-corrected chi connectivity index (χ4v) is 3.67. The molecule has 19 heavy (non-hydrogen) atoms. The van der Waals surface area contributed by atoms with Gasteiger partial charge in [0.25, 0.3) is 5.56 Å². The van der Waals surface area contributed by atoms with Gasteiger partial charge >= 0.3 is 0 Å². The Bertz CT molecular complexity index is 703. The summed E-state index contributed by atoms with van der Waals surface area (Å²) in [4.78, 5) is 29.1. The molecule has 102 valence electrons. The maximum atomic E-state index is 12.4. The molecule has 0 N–H and O–H groups in total. The zero-order valence-corrected chi connectivity index (χ0v) is 12.5. The van der Waals surface area contributed by atoms with Gasteiger partial charge in [0.2, 0.25) is 0 Å². The van der Waals surface area contributed by atoms with Crippen LogP contribution in [0.1, 0.15) is 17.4 Å². The van der Waals surface area contributed by atoms with E-state index in [1.807, 2.05) is 20.8 Å². The highest BCUT2D eigenvalue weighted by atomic mass is 32.2. The number of thiophene rings is 1. The van der Waals surface area contributed by atoms with Crippen molar-refractivity contribution in [2.45, 2.75) is 32.5 Å². The van der Waals surface area contributed by atoms with Crippen LogP contribution in [0.5, 0.6) is 0 Å². The molecule has 2 rings (SSSR count). The van der Waals surface area contributed by atoms with E-state index in [-0.39, 0.29) is 11.3 Å². The number of carboxylic acid groups (broad SMARTS) is 1. The summed E-state index contributed by atoms with van der Waals surface area (Å²) in [5, 5.41) is 11.6. The van der Waals surface area contributed by atoms with Crippen molar-refractivity contribution in [1.82, 2.24) is 9.55 Å². The topological polar surface area (TPSA) is 75.0 Å². The number of carbonyl (C=O) groups is 1. The summed E-state index contributed by atoms with van der Waals surface area (Å²) in [5.74, 6) is -1.37. The number of hydrogen-bond acceptors (Lipinski definition) is 6. The Morgan fingerprint density at radius 2 is 2.16 bits per heavy atom. The quantitative estimate of drug-likeness (QED) is 0.620. The van der Waals surface area contributed by atoms with Gasteiger partial charge in [0.1, 0.15) is 4.83 Å². The second-order valence-electron chi connectivity index (χ2n) is 4.07. The van der Waals surface area contributed by atoms with Crippen LogP contribution in [0.15, 0.2) is 9.95 Å². The minimum atomic E-state index is -1.17. The van der Waals surface area contributed by atoms with Gasteiger partial charge in [-0.1, -0.05) is 11.8 Å². The number of carboxylic acids is 1. The Labute approximate surface area is 118 Å². The van der Waals surface area contributed by atoms with E-state index in [9.17, 15) is 14.7 Å². The van der Waals surface area contributed by atoms with Crippen molar-refractivity contribution in [3.63, 3.8) is 0 Å². The van der Waals surface area contributed by atoms with Crippen molar-refractivity contribution < 1.29 is 9.90 Å². The number of thioether (sulfide) groups is 1. The first kappa shape index (κ1) is 14.1. The lowest BCUT2D eigenvalue weighted by Gasteiger charge is -2.10.